The molecule has 0 fully saturated rings. The largest absolute Gasteiger partial charge is 0.378 e. The molecule has 0 amide bonds. The van der Waals surface area contributed by atoms with E-state index < -0.39 is 15.7 Å². The smallest absolute Gasteiger partial charge is 0.261 e. The van der Waals surface area contributed by atoms with Crippen LogP contribution in [0.15, 0.2) is 67.8 Å². The first kappa shape index (κ1) is 23.1. The number of aliphatic hydroxyl groups is 1. The molecule has 29 heavy (non-hydrogen) atoms. The van der Waals surface area contributed by atoms with Crippen LogP contribution in [0.5, 0.6) is 0 Å². The van der Waals surface area contributed by atoms with Gasteiger partial charge in [-0.2, -0.15) is 13.5 Å². The van der Waals surface area contributed by atoms with Gasteiger partial charge in [0.25, 0.3) is 10.1 Å². The van der Waals surface area contributed by atoms with Gasteiger partial charge in [0.05, 0.1) is 12.8 Å². The Bertz CT molecular complexity index is 1060. The second-order valence-electron chi connectivity index (χ2n) is 6.15. The maximum absolute atomic E-state index is 11.5. The van der Waals surface area contributed by atoms with Gasteiger partial charge in [-0.05, 0) is 34.9 Å². The molecule has 3 aromatic rings. The van der Waals surface area contributed by atoms with Crippen LogP contribution in [0.2, 0.25) is 10.0 Å². The fourth-order valence-electron chi connectivity index (χ4n) is 2.56. The lowest BCUT2D eigenvalue weighted by atomic mass is 9.83. The van der Waals surface area contributed by atoms with Gasteiger partial charge in [-0.25, -0.2) is 9.67 Å². The minimum atomic E-state index is -3.67. The van der Waals surface area contributed by atoms with Crippen LogP contribution in [0.25, 0.3) is 5.57 Å². The van der Waals surface area contributed by atoms with Gasteiger partial charge in [0, 0.05) is 10.0 Å². The molecule has 2 N–H and O–H groups in total. The third-order valence-corrected chi connectivity index (χ3v) is 4.46. The van der Waals surface area contributed by atoms with Gasteiger partial charge >= 0.3 is 0 Å². The van der Waals surface area contributed by atoms with Crippen LogP contribution in [0.4, 0.5) is 0 Å². The van der Waals surface area contributed by atoms with E-state index in [0.717, 1.165) is 0 Å². The molecular weight excluding hydrogens is 437 g/mol. The molecule has 154 valence electrons. The summed E-state index contributed by atoms with van der Waals surface area (Å²) in [6.07, 6.45) is 3.67. The number of benzene rings is 2. The maximum atomic E-state index is 11.5. The summed E-state index contributed by atoms with van der Waals surface area (Å²) >= 11 is 12.3. The van der Waals surface area contributed by atoms with E-state index in [0.29, 0.717) is 33.0 Å². The topological polar surface area (TPSA) is 105 Å². The minimum absolute atomic E-state index is 0.151. The molecule has 1 heterocycles. The van der Waals surface area contributed by atoms with Crippen LogP contribution in [0, 0.1) is 0 Å². The number of hydrogen-bond acceptors (Lipinski definition) is 5. The van der Waals surface area contributed by atoms with Crippen LogP contribution in [-0.2, 0) is 22.3 Å². The summed E-state index contributed by atoms with van der Waals surface area (Å²) in [7, 11) is -3.67. The van der Waals surface area contributed by atoms with E-state index in [1.54, 1.807) is 41.3 Å². The van der Waals surface area contributed by atoms with Crippen molar-refractivity contribution in [2.24, 2.45) is 0 Å². The molecule has 2 aromatic carbocycles. The highest BCUT2D eigenvalue weighted by Gasteiger charge is 2.35. The van der Waals surface area contributed by atoms with E-state index in [1.165, 1.54) is 6.33 Å². The Morgan fingerprint density at radius 2 is 1.76 bits per heavy atom. The molecule has 0 spiro atoms. The van der Waals surface area contributed by atoms with E-state index in [1.807, 2.05) is 18.2 Å². The fraction of sp³-hybridized carbons (Fsp3) is 0.158. The molecule has 0 bridgehead atoms. The van der Waals surface area contributed by atoms with Crippen molar-refractivity contribution in [3.8, 4) is 0 Å². The van der Waals surface area contributed by atoms with Gasteiger partial charge in [0.15, 0.2) is 0 Å². The van der Waals surface area contributed by atoms with Gasteiger partial charge < -0.3 is 5.11 Å². The molecule has 10 heteroatoms. The molecule has 1 aromatic heterocycles. The standard InChI is InChI=1S/C18H15Cl2N3O.CH4O3S/c1-13(16-4-2-3-5-17(16)20)18(24,10-23-12-21-11-22-23)14-6-8-15(19)9-7-14;1-5(2,3)4/h2-9,11-12,24H,1,10H2;1H3,(H,2,3,4). The van der Waals surface area contributed by atoms with Gasteiger partial charge in [-0.3, -0.25) is 4.55 Å². The monoisotopic (exact) mass is 455 g/mol. The second-order valence-corrected chi connectivity index (χ2v) is 8.46. The first-order chi connectivity index (χ1) is 13.5. The highest BCUT2D eigenvalue weighted by Crippen LogP contribution is 2.39. The Morgan fingerprint density at radius 1 is 1.17 bits per heavy atom. The van der Waals surface area contributed by atoms with Crippen molar-refractivity contribution in [1.29, 1.82) is 0 Å². The predicted molar refractivity (Wildman–Crippen MR) is 113 cm³/mol. The number of halogens is 2. The van der Waals surface area contributed by atoms with E-state index in [2.05, 4.69) is 16.7 Å². The summed E-state index contributed by atoms with van der Waals surface area (Å²) in [6, 6.07) is 14.3. The Labute approximate surface area is 179 Å². The van der Waals surface area contributed by atoms with Crippen LogP contribution >= 0.6 is 23.2 Å². The van der Waals surface area contributed by atoms with Crippen molar-refractivity contribution < 1.29 is 18.1 Å². The summed E-state index contributed by atoms with van der Waals surface area (Å²) in [5.41, 5.74) is 0.387. The van der Waals surface area contributed by atoms with E-state index in [4.69, 9.17) is 27.8 Å². The Hall–Kier alpha value is -2.23. The molecule has 0 aliphatic carbocycles. The summed E-state index contributed by atoms with van der Waals surface area (Å²) in [6.45, 7) is 4.26. The van der Waals surface area contributed by atoms with Crippen molar-refractivity contribution >= 4 is 38.9 Å². The van der Waals surface area contributed by atoms with E-state index in [9.17, 15) is 13.5 Å². The normalized spacial score (nSPS) is 13.1. The number of rotatable bonds is 5. The van der Waals surface area contributed by atoms with Crippen molar-refractivity contribution in [3.05, 3.63) is 88.9 Å². The predicted octanol–water partition coefficient (Wildman–Crippen LogP) is 3.69. The zero-order chi connectivity index (χ0) is 21.7. The Kier molecular flexibility index (Phi) is 7.56. The summed E-state index contributed by atoms with van der Waals surface area (Å²) in [5.74, 6) is 0. The van der Waals surface area contributed by atoms with Crippen LogP contribution in [0.3, 0.4) is 0 Å². The highest BCUT2D eigenvalue weighted by atomic mass is 35.5. The van der Waals surface area contributed by atoms with Crippen molar-refractivity contribution in [3.63, 3.8) is 0 Å². The molecular formula is C19H19Cl2N3O4S. The van der Waals surface area contributed by atoms with Crippen molar-refractivity contribution in [2.45, 2.75) is 12.1 Å². The van der Waals surface area contributed by atoms with Gasteiger partial charge in [-0.1, -0.05) is 60.1 Å². The SMILES string of the molecule is C=C(c1ccccc1Cl)C(O)(Cn1cncn1)c1ccc(Cl)cc1.CS(=O)(=O)O. The van der Waals surface area contributed by atoms with E-state index in [-0.39, 0.29) is 6.54 Å². The summed E-state index contributed by atoms with van der Waals surface area (Å²) in [4.78, 5) is 3.93. The zero-order valence-corrected chi connectivity index (χ0v) is 17.7. The molecule has 0 saturated carbocycles. The quantitative estimate of drug-likeness (QED) is 0.568. The maximum Gasteiger partial charge on any atom is 0.261 e. The third kappa shape index (κ3) is 6.66. The van der Waals surface area contributed by atoms with Crippen LogP contribution in [0.1, 0.15) is 11.1 Å². The molecule has 0 aliphatic rings. The lowest BCUT2D eigenvalue weighted by Crippen LogP contribution is -2.33. The third-order valence-electron chi connectivity index (χ3n) is 3.88. The number of aromatic nitrogens is 3. The second kappa shape index (κ2) is 9.51. The van der Waals surface area contributed by atoms with Crippen molar-refractivity contribution in [1.82, 2.24) is 14.8 Å². The summed E-state index contributed by atoms with van der Waals surface area (Å²) < 4.78 is 27.4. The molecule has 3 rings (SSSR count). The average molecular weight is 456 g/mol. The molecule has 0 saturated heterocycles. The van der Waals surface area contributed by atoms with E-state index >= 15 is 0 Å². The molecule has 0 aliphatic heterocycles. The van der Waals surface area contributed by atoms with Gasteiger partial charge in [0.2, 0.25) is 0 Å². The van der Waals surface area contributed by atoms with Gasteiger partial charge in [0.1, 0.15) is 18.3 Å². The first-order valence-corrected chi connectivity index (χ1v) is 10.8. The van der Waals surface area contributed by atoms with Crippen LogP contribution < -0.4 is 0 Å². The fourth-order valence-corrected chi connectivity index (χ4v) is 2.94. The Balaban J connectivity index is 0.000000537. The molecule has 1 unspecified atom stereocenters. The lowest BCUT2D eigenvalue weighted by Gasteiger charge is -2.31. The van der Waals surface area contributed by atoms with Gasteiger partial charge in [-0.15, -0.1) is 0 Å². The Morgan fingerprint density at radius 3 is 2.28 bits per heavy atom. The van der Waals surface area contributed by atoms with Crippen LogP contribution in [-0.4, -0.2) is 39.1 Å². The minimum Gasteiger partial charge on any atom is -0.378 e. The molecule has 7 nitrogen and oxygen atoms in total. The first-order valence-electron chi connectivity index (χ1n) is 8.18. The number of nitrogens with zero attached hydrogens (tertiary/aromatic N) is 3. The zero-order valence-electron chi connectivity index (χ0n) is 15.4. The summed E-state index contributed by atoms with van der Waals surface area (Å²) in [5, 5.41) is 16.7. The van der Waals surface area contributed by atoms with Crippen molar-refractivity contribution in [2.75, 3.05) is 6.26 Å². The number of hydrogen-bond donors (Lipinski definition) is 2. The molecule has 0 radical (unpaired) electrons. The lowest BCUT2D eigenvalue weighted by molar-refractivity contribution is 0.0766. The highest BCUT2D eigenvalue weighted by molar-refractivity contribution is 7.85. The average Bonchev–Trinajstić information content (AvgIpc) is 3.13. The molecule has 1 atom stereocenters.